The van der Waals surface area contributed by atoms with Crippen LogP contribution in [-0.2, 0) is 12.8 Å². The van der Waals surface area contributed by atoms with E-state index in [2.05, 4.69) is 15.3 Å². The van der Waals surface area contributed by atoms with Crippen LogP contribution in [0.3, 0.4) is 0 Å². The monoisotopic (exact) mass is 422 g/mol. The normalized spacial score (nSPS) is 10.9. The maximum Gasteiger partial charge on any atom is 0.270 e. The molecule has 0 spiro atoms. The maximum atomic E-state index is 13.3. The number of nitrogens with zero attached hydrogens (tertiary/aromatic N) is 3. The molecule has 150 valence electrons. The lowest BCUT2D eigenvalue weighted by atomic mass is 10.0. The van der Waals surface area contributed by atoms with Gasteiger partial charge in [-0.15, -0.1) is 0 Å². The lowest BCUT2D eigenvalue weighted by Gasteiger charge is -2.11. The minimum Gasteiger partial charge on any atom is -0.340 e. The number of nitro groups is 1. The molecule has 1 heterocycles. The zero-order chi connectivity index (χ0) is 21.1. The van der Waals surface area contributed by atoms with Crippen molar-refractivity contribution in [2.45, 2.75) is 12.8 Å². The second-order valence-corrected chi connectivity index (χ2v) is 7.15. The van der Waals surface area contributed by atoms with Gasteiger partial charge < -0.3 is 5.32 Å². The minimum atomic E-state index is -0.458. The van der Waals surface area contributed by atoms with E-state index in [0.717, 1.165) is 11.1 Å². The second kappa shape index (κ2) is 8.42. The van der Waals surface area contributed by atoms with Gasteiger partial charge in [-0.2, -0.15) is 0 Å². The lowest BCUT2D eigenvalue weighted by Crippen LogP contribution is -1.98. The van der Waals surface area contributed by atoms with Crippen molar-refractivity contribution in [1.29, 1.82) is 0 Å². The molecule has 0 bridgehead atoms. The third-order valence-electron chi connectivity index (χ3n) is 4.72. The highest BCUT2D eigenvalue weighted by Crippen LogP contribution is 2.29. The first-order chi connectivity index (χ1) is 14.5. The van der Waals surface area contributed by atoms with Crippen LogP contribution in [-0.4, -0.2) is 14.9 Å². The molecule has 0 unspecified atom stereocenters. The average molecular weight is 423 g/mol. The van der Waals surface area contributed by atoms with Crippen LogP contribution in [0.2, 0.25) is 5.02 Å². The molecule has 3 aromatic carbocycles. The lowest BCUT2D eigenvalue weighted by molar-refractivity contribution is -0.384. The van der Waals surface area contributed by atoms with Crippen molar-refractivity contribution in [1.82, 2.24) is 9.97 Å². The predicted molar refractivity (Wildman–Crippen MR) is 115 cm³/mol. The quantitative estimate of drug-likeness (QED) is 0.311. The molecule has 4 aromatic rings. The number of non-ortho nitro benzene ring substituents is 1. The number of hydrogen-bond acceptors (Lipinski definition) is 5. The molecular weight excluding hydrogens is 407 g/mol. The Morgan fingerprint density at radius 1 is 1.03 bits per heavy atom. The fourth-order valence-corrected chi connectivity index (χ4v) is 3.47. The first-order valence-corrected chi connectivity index (χ1v) is 9.56. The largest absolute Gasteiger partial charge is 0.340 e. The van der Waals surface area contributed by atoms with E-state index in [0.29, 0.717) is 40.3 Å². The van der Waals surface area contributed by atoms with E-state index in [1.54, 1.807) is 18.2 Å². The predicted octanol–water partition coefficient (Wildman–Crippen LogP) is 5.86. The van der Waals surface area contributed by atoms with Crippen molar-refractivity contribution in [3.05, 3.63) is 99.1 Å². The Labute approximate surface area is 176 Å². The van der Waals surface area contributed by atoms with Crippen LogP contribution in [0.25, 0.3) is 10.9 Å². The van der Waals surface area contributed by atoms with Crippen LogP contribution < -0.4 is 5.32 Å². The van der Waals surface area contributed by atoms with Crippen molar-refractivity contribution in [2.75, 3.05) is 5.32 Å². The third kappa shape index (κ3) is 4.36. The summed E-state index contributed by atoms with van der Waals surface area (Å²) >= 11 is 6.44. The Balaban J connectivity index is 1.55. The number of benzene rings is 3. The van der Waals surface area contributed by atoms with Crippen LogP contribution in [0.5, 0.6) is 0 Å². The molecule has 0 aliphatic carbocycles. The summed E-state index contributed by atoms with van der Waals surface area (Å²) in [5.41, 5.74) is 3.10. The number of fused-ring (bicyclic) bond motifs is 1. The minimum absolute atomic E-state index is 0.0360. The van der Waals surface area contributed by atoms with Gasteiger partial charge >= 0.3 is 0 Å². The molecule has 8 heteroatoms. The van der Waals surface area contributed by atoms with Crippen LogP contribution >= 0.6 is 11.6 Å². The Morgan fingerprint density at radius 2 is 1.90 bits per heavy atom. The topological polar surface area (TPSA) is 81.0 Å². The molecule has 4 rings (SSSR count). The van der Waals surface area contributed by atoms with Gasteiger partial charge in [0.05, 0.1) is 10.4 Å². The molecule has 30 heavy (non-hydrogen) atoms. The molecule has 0 fully saturated rings. The molecule has 0 amide bonds. The van der Waals surface area contributed by atoms with E-state index in [1.165, 1.54) is 30.6 Å². The summed E-state index contributed by atoms with van der Waals surface area (Å²) in [6, 6.07) is 16.5. The molecule has 6 nitrogen and oxygen atoms in total. The Hall–Kier alpha value is -3.58. The highest BCUT2D eigenvalue weighted by Gasteiger charge is 2.11. The number of nitro benzene ring substituents is 1. The summed E-state index contributed by atoms with van der Waals surface area (Å²) in [4.78, 5) is 19.0. The van der Waals surface area contributed by atoms with E-state index in [1.807, 2.05) is 18.2 Å². The van der Waals surface area contributed by atoms with Crippen molar-refractivity contribution in [2.24, 2.45) is 0 Å². The Morgan fingerprint density at radius 3 is 2.67 bits per heavy atom. The molecule has 1 N–H and O–H groups in total. The standard InChI is InChI=1S/C22H16ClFN4O2/c23-20-11-17(7-6-15(20)5-4-14-2-1-3-16(24)10-14)27-22-19-12-18(28(29)30)8-9-21(19)25-13-26-22/h1-3,6-13H,4-5H2,(H,25,26,27). The molecule has 0 saturated heterocycles. The third-order valence-corrected chi connectivity index (χ3v) is 5.07. The number of anilines is 2. The van der Waals surface area contributed by atoms with Crippen molar-refractivity contribution in [3.63, 3.8) is 0 Å². The molecule has 0 saturated carbocycles. The van der Waals surface area contributed by atoms with Gasteiger partial charge in [0.25, 0.3) is 5.69 Å². The average Bonchev–Trinajstić information content (AvgIpc) is 2.73. The number of aryl methyl sites for hydroxylation is 2. The van der Waals surface area contributed by atoms with Gasteiger partial charge in [-0.05, 0) is 54.3 Å². The summed E-state index contributed by atoms with van der Waals surface area (Å²) in [6.07, 6.45) is 2.74. The number of hydrogen-bond donors (Lipinski definition) is 1. The zero-order valence-corrected chi connectivity index (χ0v) is 16.4. The number of nitrogens with one attached hydrogen (secondary N) is 1. The van der Waals surface area contributed by atoms with Crippen LogP contribution in [0.15, 0.2) is 67.0 Å². The number of halogens is 2. The van der Waals surface area contributed by atoms with Gasteiger partial charge in [0.15, 0.2) is 0 Å². The van der Waals surface area contributed by atoms with E-state index >= 15 is 0 Å². The summed E-state index contributed by atoms with van der Waals surface area (Å²) in [6.45, 7) is 0. The molecule has 1 aromatic heterocycles. The van der Waals surface area contributed by atoms with E-state index in [9.17, 15) is 14.5 Å². The van der Waals surface area contributed by atoms with Gasteiger partial charge in [-0.25, -0.2) is 14.4 Å². The highest BCUT2D eigenvalue weighted by atomic mass is 35.5. The first-order valence-electron chi connectivity index (χ1n) is 9.18. The molecule has 0 aliphatic rings. The van der Waals surface area contributed by atoms with Gasteiger partial charge in [0.1, 0.15) is 18.0 Å². The van der Waals surface area contributed by atoms with E-state index in [-0.39, 0.29) is 11.5 Å². The first kappa shape index (κ1) is 19.7. The number of aromatic nitrogens is 2. The molecule has 0 aliphatic heterocycles. The van der Waals surface area contributed by atoms with Crippen LogP contribution in [0.1, 0.15) is 11.1 Å². The smallest absolute Gasteiger partial charge is 0.270 e. The fourth-order valence-electron chi connectivity index (χ4n) is 3.19. The highest BCUT2D eigenvalue weighted by molar-refractivity contribution is 6.31. The van der Waals surface area contributed by atoms with Gasteiger partial charge in [-0.3, -0.25) is 10.1 Å². The molecule has 0 radical (unpaired) electrons. The van der Waals surface area contributed by atoms with E-state index in [4.69, 9.17) is 11.6 Å². The van der Waals surface area contributed by atoms with Crippen molar-refractivity contribution < 1.29 is 9.31 Å². The molecule has 0 atom stereocenters. The summed E-state index contributed by atoms with van der Waals surface area (Å²) < 4.78 is 13.3. The van der Waals surface area contributed by atoms with Gasteiger partial charge in [0.2, 0.25) is 0 Å². The van der Waals surface area contributed by atoms with E-state index < -0.39 is 4.92 Å². The maximum absolute atomic E-state index is 13.3. The Bertz CT molecular complexity index is 1250. The number of rotatable bonds is 6. The summed E-state index contributed by atoms with van der Waals surface area (Å²) in [5, 5.41) is 15.3. The van der Waals surface area contributed by atoms with Crippen LogP contribution in [0, 0.1) is 15.9 Å². The van der Waals surface area contributed by atoms with Crippen molar-refractivity contribution in [3.8, 4) is 0 Å². The molecular formula is C22H16ClFN4O2. The SMILES string of the molecule is O=[N+]([O-])c1ccc2ncnc(Nc3ccc(CCc4cccc(F)c4)c(Cl)c3)c2c1. The summed E-state index contributed by atoms with van der Waals surface area (Å²) in [5.74, 6) is 0.197. The van der Waals surface area contributed by atoms with Crippen molar-refractivity contribution >= 4 is 39.7 Å². The Kier molecular flexibility index (Phi) is 5.54. The van der Waals surface area contributed by atoms with Gasteiger partial charge in [-0.1, -0.05) is 29.8 Å². The zero-order valence-electron chi connectivity index (χ0n) is 15.7. The fraction of sp³-hybridized carbons (Fsp3) is 0.0909. The summed E-state index contributed by atoms with van der Waals surface area (Å²) in [7, 11) is 0. The van der Waals surface area contributed by atoms with Gasteiger partial charge in [0, 0.05) is 28.2 Å². The van der Waals surface area contributed by atoms with Crippen LogP contribution in [0.4, 0.5) is 21.6 Å². The second-order valence-electron chi connectivity index (χ2n) is 6.74.